The number of carbonyl (C=O) groups excluding carboxylic acids is 1. The summed E-state index contributed by atoms with van der Waals surface area (Å²) in [6.45, 7) is -0.780. The van der Waals surface area contributed by atoms with Gasteiger partial charge < -0.3 is 35.3 Å². The van der Waals surface area contributed by atoms with E-state index < -0.39 is 53.1 Å². The van der Waals surface area contributed by atoms with Crippen LogP contribution in [0.2, 0.25) is 0 Å². The first-order chi connectivity index (χ1) is 21.1. The molecule has 14 nitrogen and oxygen atoms in total. The Labute approximate surface area is 279 Å². The second kappa shape index (κ2) is 13.2. The quantitative estimate of drug-likeness (QED) is 0.159. The fourth-order valence-electron chi connectivity index (χ4n) is 4.78. The predicted octanol–water partition coefficient (Wildman–Crippen LogP) is -0.453. The second-order valence-electron chi connectivity index (χ2n) is 9.87. The van der Waals surface area contributed by atoms with Gasteiger partial charge in [-0.3, -0.25) is 8.75 Å². The number of para-hydroxylation sites is 1. The normalized spacial score (nSPS) is 19.7. The third-order valence-electron chi connectivity index (χ3n) is 7.02. The molecule has 0 unspecified atom stereocenters. The number of benzene rings is 3. The minimum Gasteiger partial charge on any atom is -0.518 e. The van der Waals surface area contributed by atoms with Crippen LogP contribution in [0.3, 0.4) is 0 Å². The molecular weight excluding hydrogens is 615 g/mol. The van der Waals surface area contributed by atoms with E-state index in [0.717, 1.165) is 11.1 Å². The first kappa shape index (κ1) is 32.5. The first-order valence-corrected chi connectivity index (χ1v) is 14.6. The number of hydrogen-bond acceptors (Lipinski definition) is 12. The van der Waals surface area contributed by atoms with Gasteiger partial charge in [-0.25, -0.2) is 23.4 Å². The van der Waals surface area contributed by atoms with Crippen molar-refractivity contribution in [1.29, 1.82) is 0 Å². The van der Waals surface area contributed by atoms with E-state index >= 15 is 0 Å². The van der Waals surface area contributed by atoms with E-state index in [9.17, 15) is 28.5 Å². The number of phenolic OH excluding ortho intramolecular Hbond substituents is 1. The summed E-state index contributed by atoms with van der Waals surface area (Å²) in [4.78, 5) is 25.4. The number of phenols is 1. The van der Waals surface area contributed by atoms with Crippen LogP contribution < -0.4 is 35.3 Å². The summed E-state index contributed by atoms with van der Waals surface area (Å²) in [6.07, 6.45) is -4.44. The van der Waals surface area contributed by atoms with Crippen molar-refractivity contribution in [2.75, 3.05) is 12.3 Å². The van der Waals surface area contributed by atoms with Gasteiger partial charge in [-0.15, -0.1) is 0 Å². The van der Waals surface area contributed by atoms with Crippen molar-refractivity contribution in [1.82, 2.24) is 19.5 Å². The van der Waals surface area contributed by atoms with Crippen LogP contribution in [0.25, 0.3) is 38.4 Å². The van der Waals surface area contributed by atoms with Crippen LogP contribution >= 0.6 is 0 Å². The summed E-state index contributed by atoms with van der Waals surface area (Å²) in [5.74, 6) is -1.35. The van der Waals surface area contributed by atoms with Crippen LogP contribution in [0, 0.1) is 0 Å². The number of aromatic nitrogens is 4. The van der Waals surface area contributed by atoms with Gasteiger partial charge in [0.25, 0.3) is 0 Å². The molecule has 0 bridgehead atoms. The molecule has 5 N–H and O–H groups in total. The van der Waals surface area contributed by atoms with Gasteiger partial charge in [0.05, 0.1) is 18.8 Å². The molecule has 1 aliphatic heterocycles. The molecule has 1 aliphatic rings. The number of rotatable bonds is 8. The molecule has 1 fully saturated rings. The number of amides is 1. The van der Waals surface area contributed by atoms with Crippen molar-refractivity contribution >= 4 is 33.2 Å². The van der Waals surface area contributed by atoms with Gasteiger partial charge >= 0.3 is 29.6 Å². The maximum atomic E-state index is 12.3. The van der Waals surface area contributed by atoms with Crippen molar-refractivity contribution in [2.24, 2.45) is 0 Å². The van der Waals surface area contributed by atoms with Gasteiger partial charge in [-0.2, -0.15) is 0 Å². The maximum absolute atomic E-state index is 12.3. The molecule has 2 aromatic heterocycles. The fourth-order valence-corrected chi connectivity index (χ4v) is 5.44. The number of carbonyl (C=O) groups is 1. The molecular formula is C29H25N6NaO8S. The number of nitrogen functional groups attached to an aromatic ring is 1. The Kier molecular flexibility index (Phi) is 9.52. The molecule has 3 heterocycles. The van der Waals surface area contributed by atoms with Gasteiger partial charge in [-0.05, 0) is 23.3 Å². The predicted molar refractivity (Wildman–Crippen MR) is 157 cm³/mol. The third-order valence-corrected chi connectivity index (χ3v) is 7.84. The maximum Gasteiger partial charge on any atom is 1.00 e. The van der Waals surface area contributed by atoms with Crippen molar-refractivity contribution < 1.29 is 67.0 Å². The summed E-state index contributed by atoms with van der Waals surface area (Å²) in [5.41, 5.74) is 8.97. The summed E-state index contributed by atoms with van der Waals surface area (Å²) in [5, 5.41) is 31.2. The topological polar surface area (TPSA) is 214 Å². The molecule has 1 amide bonds. The smallest absolute Gasteiger partial charge is 0.518 e. The fraction of sp³-hybridized carbons (Fsp3) is 0.172. The summed E-state index contributed by atoms with van der Waals surface area (Å²) >= 11 is 0. The molecule has 3 aromatic carbocycles. The van der Waals surface area contributed by atoms with E-state index in [2.05, 4.69) is 19.7 Å². The van der Waals surface area contributed by atoms with Crippen LogP contribution in [0.15, 0.2) is 85.2 Å². The number of hydrogen-bond donors (Lipinski definition) is 4. The number of ether oxygens (including phenoxy) is 1. The summed E-state index contributed by atoms with van der Waals surface area (Å²) in [6, 6.07) is 22.6. The molecule has 5 aromatic rings. The monoisotopic (exact) mass is 640 g/mol. The Bertz CT molecular complexity index is 1940. The minimum atomic E-state index is -4.81. The van der Waals surface area contributed by atoms with E-state index in [0.29, 0.717) is 5.56 Å². The largest absolute Gasteiger partial charge is 1.00 e. The molecule has 0 aliphatic carbocycles. The average Bonchev–Trinajstić information content (AvgIpc) is 3.57. The van der Waals surface area contributed by atoms with Crippen molar-refractivity contribution in [2.45, 2.75) is 24.5 Å². The van der Waals surface area contributed by atoms with Crippen molar-refractivity contribution in [3.8, 4) is 28.3 Å². The number of fused-ring (bicyclic) bond motifs is 1. The van der Waals surface area contributed by atoms with E-state index in [4.69, 9.17) is 14.7 Å². The number of aromatic hydroxyl groups is 1. The summed E-state index contributed by atoms with van der Waals surface area (Å²) < 4.78 is 39.6. The molecule has 6 rings (SSSR count). The molecule has 45 heavy (non-hydrogen) atoms. The van der Waals surface area contributed by atoms with E-state index in [1.165, 1.54) is 35.2 Å². The molecule has 0 spiro atoms. The van der Waals surface area contributed by atoms with Crippen LogP contribution in [0.4, 0.5) is 5.82 Å². The second-order valence-corrected chi connectivity index (χ2v) is 11.1. The molecule has 0 radical (unpaired) electrons. The number of nitrogens with two attached hydrogens (primary N) is 1. The number of nitrogens with zero attached hydrogens (tertiary/aromatic N) is 5. The zero-order chi connectivity index (χ0) is 31.0. The number of imidazole rings is 1. The summed E-state index contributed by atoms with van der Waals surface area (Å²) in [7, 11) is -4.81. The van der Waals surface area contributed by atoms with Crippen LogP contribution in [-0.4, -0.2) is 74.1 Å². The Hall–Kier alpha value is -3.93. The van der Waals surface area contributed by atoms with Gasteiger partial charge in [0.1, 0.15) is 29.6 Å². The Balaban J connectivity index is 0.00000400. The Morgan fingerprint density at radius 2 is 1.58 bits per heavy atom. The number of anilines is 1. The minimum absolute atomic E-state index is 0. The van der Waals surface area contributed by atoms with Crippen LogP contribution in [-0.2, 0) is 19.2 Å². The molecule has 16 heteroatoms. The van der Waals surface area contributed by atoms with Crippen LogP contribution in [0.5, 0.6) is 5.75 Å². The van der Waals surface area contributed by atoms with Crippen molar-refractivity contribution in [3.05, 3.63) is 95.5 Å². The number of aliphatic hydroxyl groups is 2. The van der Waals surface area contributed by atoms with E-state index in [-0.39, 0.29) is 57.9 Å². The van der Waals surface area contributed by atoms with Gasteiger partial charge in [0, 0.05) is 11.1 Å². The van der Waals surface area contributed by atoms with Gasteiger partial charge in [0.2, 0.25) is 10.3 Å². The SMILES string of the molecule is Nc1nc(-c2ccc(-c3ccccc3)cc2)nc2c1ncn2[C@@H]1O[C@H](COS(=O)(=O)[N-]C(=O)c2ccccc2O)[C@@H](O)[C@H]1O.[Na+]. The molecule has 1 saturated heterocycles. The molecule has 226 valence electrons. The Morgan fingerprint density at radius 1 is 0.933 bits per heavy atom. The van der Waals surface area contributed by atoms with E-state index in [1.807, 2.05) is 54.6 Å². The third kappa shape index (κ3) is 6.70. The zero-order valence-corrected chi connectivity index (χ0v) is 26.5. The zero-order valence-electron chi connectivity index (χ0n) is 23.7. The van der Waals surface area contributed by atoms with Gasteiger partial charge in [0.15, 0.2) is 23.5 Å². The Morgan fingerprint density at radius 3 is 2.29 bits per heavy atom. The molecule has 0 saturated carbocycles. The molecule has 4 atom stereocenters. The first-order valence-electron chi connectivity index (χ1n) is 13.2. The average molecular weight is 641 g/mol. The van der Waals surface area contributed by atoms with Gasteiger partial charge in [-0.1, -0.05) is 66.7 Å². The standard InChI is InChI=1S/C29H26N6O8S.Na/c30-25-22-27(33-26(32-25)18-12-10-17(11-13-18)16-6-2-1-3-7-16)35(15-31-22)29-24(38)23(37)21(43-29)14-42-44(40,41)34-28(39)19-8-4-5-9-20(19)36;/h1-13,15,21,23-24,29,37-38H,14H2,(H4,30,32,33,34,36,39);/q;+1/p-1/t21-,23-,24-,29-;/m1./s1. The number of aliphatic hydroxyl groups excluding tert-OH is 2. The van der Waals surface area contributed by atoms with Crippen molar-refractivity contribution in [3.63, 3.8) is 0 Å². The van der Waals surface area contributed by atoms with Crippen LogP contribution in [0.1, 0.15) is 16.6 Å². The van der Waals surface area contributed by atoms with E-state index in [1.54, 1.807) is 0 Å².